The number of rotatable bonds is 5. The summed E-state index contributed by atoms with van der Waals surface area (Å²) >= 11 is 0. The Labute approximate surface area is 141 Å². The van der Waals surface area contributed by atoms with E-state index >= 15 is 0 Å². The second-order valence-electron chi connectivity index (χ2n) is 6.43. The van der Waals surface area contributed by atoms with Crippen LogP contribution in [0.5, 0.6) is 0 Å². The Morgan fingerprint density at radius 1 is 1.38 bits per heavy atom. The number of carbonyl (C=O) groups excluding carboxylic acids is 2. The molecular weight excluding hydrogens is 334 g/mol. The molecule has 8 nitrogen and oxygen atoms in total. The predicted molar refractivity (Wildman–Crippen MR) is 86.8 cm³/mol. The number of oxazole rings is 1. The van der Waals surface area contributed by atoms with Crippen molar-refractivity contribution in [2.75, 3.05) is 18.8 Å². The van der Waals surface area contributed by atoms with Crippen LogP contribution >= 0.6 is 0 Å². The van der Waals surface area contributed by atoms with E-state index in [1.165, 1.54) is 4.90 Å². The molecule has 0 aliphatic carbocycles. The maximum atomic E-state index is 12.5. The Morgan fingerprint density at radius 3 is 2.58 bits per heavy atom. The summed E-state index contributed by atoms with van der Waals surface area (Å²) < 4.78 is 31.0. The molecule has 24 heavy (non-hydrogen) atoms. The lowest BCUT2D eigenvalue weighted by atomic mass is 9.89. The zero-order valence-corrected chi connectivity index (χ0v) is 15.2. The van der Waals surface area contributed by atoms with E-state index < -0.39 is 21.3 Å². The summed E-state index contributed by atoms with van der Waals surface area (Å²) in [5, 5.41) is 0. The van der Waals surface area contributed by atoms with Crippen LogP contribution in [0.2, 0.25) is 0 Å². The summed E-state index contributed by atoms with van der Waals surface area (Å²) in [6.45, 7) is 7.21. The van der Waals surface area contributed by atoms with Crippen molar-refractivity contribution in [2.45, 2.75) is 40.5 Å². The molecule has 1 aliphatic heterocycles. The van der Waals surface area contributed by atoms with E-state index in [1.807, 2.05) is 0 Å². The van der Waals surface area contributed by atoms with E-state index in [0.717, 1.165) is 0 Å². The lowest BCUT2D eigenvalue weighted by Crippen LogP contribution is -2.45. The van der Waals surface area contributed by atoms with Crippen LogP contribution in [0.1, 0.15) is 48.8 Å². The number of nitrogens with zero attached hydrogens (tertiary/aromatic N) is 2. The van der Waals surface area contributed by atoms with Crippen molar-refractivity contribution in [3.8, 4) is 0 Å². The van der Waals surface area contributed by atoms with Gasteiger partial charge in [-0.05, 0) is 26.7 Å². The summed E-state index contributed by atoms with van der Waals surface area (Å²) in [6.07, 6.45) is 0.816. The van der Waals surface area contributed by atoms with Crippen molar-refractivity contribution in [2.24, 2.45) is 5.41 Å². The highest BCUT2D eigenvalue weighted by Gasteiger charge is 2.44. The van der Waals surface area contributed by atoms with Crippen LogP contribution in [0.3, 0.4) is 0 Å². The van der Waals surface area contributed by atoms with Gasteiger partial charge in [0, 0.05) is 20.0 Å². The fraction of sp³-hybridized carbons (Fsp3) is 0.667. The van der Waals surface area contributed by atoms with Crippen LogP contribution < -0.4 is 4.72 Å². The van der Waals surface area contributed by atoms with Gasteiger partial charge in [-0.1, -0.05) is 6.92 Å². The minimum Gasteiger partial charge on any atom is -0.445 e. The third-order valence-electron chi connectivity index (χ3n) is 4.14. The Bertz CT molecular complexity index is 755. The maximum Gasteiger partial charge on any atom is 0.276 e. The zero-order valence-electron chi connectivity index (χ0n) is 14.4. The van der Waals surface area contributed by atoms with Gasteiger partial charge in [0.05, 0.1) is 11.2 Å². The molecule has 1 fully saturated rings. The van der Waals surface area contributed by atoms with Crippen molar-refractivity contribution < 1.29 is 22.4 Å². The first-order chi connectivity index (χ1) is 11.1. The number of hydrogen-bond acceptors (Lipinski definition) is 6. The van der Waals surface area contributed by atoms with Gasteiger partial charge in [-0.25, -0.2) is 13.4 Å². The van der Waals surface area contributed by atoms with E-state index in [9.17, 15) is 18.0 Å². The van der Waals surface area contributed by atoms with Crippen LogP contribution in [-0.4, -0.2) is 49.0 Å². The van der Waals surface area contributed by atoms with E-state index in [4.69, 9.17) is 4.42 Å². The lowest BCUT2D eigenvalue weighted by molar-refractivity contribution is -0.127. The normalized spacial score (nSPS) is 21.1. The summed E-state index contributed by atoms with van der Waals surface area (Å²) in [7, 11) is -3.63. The van der Waals surface area contributed by atoms with E-state index in [-0.39, 0.29) is 23.9 Å². The molecule has 0 saturated carbocycles. The molecular formula is C15H23N3O5S. The maximum absolute atomic E-state index is 12.5. The summed E-state index contributed by atoms with van der Waals surface area (Å²) in [5.41, 5.74) is -0.709. The molecule has 2 heterocycles. The molecule has 1 aromatic rings. The number of nitrogens with one attached hydrogen (secondary N) is 1. The van der Waals surface area contributed by atoms with Gasteiger partial charge < -0.3 is 9.32 Å². The Hall–Kier alpha value is -1.90. The van der Waals surface area contributed by atoms with Gasteiger partial charge in [-0.2, -0.15) is 0 Å². The average molecular weight is 357 g/mol. The van der Waals surface area contributed by atoms with Crippen molar-refractivity contribution in [1.82, 2.24) is 14.6 Å². The number of likely N-dealkylation sites (tertiary alicyclic amines) is 1. The van der Waals surface area contributed by atoms with Gasteiger partial charge in [-0.3, -0.25) is 14.3 Å². The standard InChI is InChI=1S/C15H23N3O5S/c1-5-8-24(21,22)17-14(20)15(4)6-7-18(9-15)13(19)12-10(2)23-11(3)16-12/h5-9H2,1-4H3,(H,17,20). The van der Waals surface area contributed by atoms with Crippen molar-refractivity contribution in [3.63, 3.8) is 0 Å². The molecule has 1 atom stereocenters. The molecule has 2 amide bonds. The van der Waals surface area contributed by atoms with Gasteiger partial charge >= 0.3 is 0 Å². The second kappa shape index (κ2) is 6.54. The number of amides is 2. The smallest absolute Gasteiger partial charge is 0.276 e. The van der Waals surface area contributed by atoms with Gasteiger partial charge in [0.2, 0.25) is 15.9 Å². The number of aromatic nitrogens is 1. The number of aryl methyl sites for hydroxylation is 2. The molecule has 1 N–H and O–H groups in total. The van der Waals surface area contributed by atoms with E-state index in [0.29, 0.717) is 31.0 Å². The minimum atomic E-state index is -3.63. The van der Waals surface area contributed by atoms with Crippen LogP contribution in [0.4, 0.5) is 0 Å². The van der Waals surface area contributed by atoms with Crippen LogP contribution in [0, 0.1) is 19.3 Å². The largest absolute Gasteiger partial charge is 0.445 e. The quantitative estimate of drug-likeness (QED) is 0.842. The summed E-state index contributed by atoms with van der Waals surface area (Å²) in [4.78, 5) is 30.5. The van der Waals surface area contributed by atoms with Gasteiger partial charge in [0.25, 0.3) is 5.91 Å². The van der Waals surface area contributed by atoms with Crippen LogP contribution in [-0.2, 0) is 14.8 Å². The van der Waals surface area contributed by atoms with Crippen molar-refractivity contribution >= 4 is 21.8 Å². The topological polar surface area (TPSA) is 110 Å². The molecule has 0 spiro atoms. The fourth-order valence-electron chi connectivity index (χ4n) is 2.78. The Morgan fingerprint density at radius 2 is 2.04 bits per heavy atom. The molecule has 1 aromatic heterocycles. The SMILES string of the molecule is CCCS(=O)(=O)NC(=O)C1(C)CCN(C(=O)c2nc(C)oc2C)C1. The number of sulfonamides is 1. The van der Waals surface area contributed by atoms with Crippen LogP contribution in [0.25, 0.3) is 0 Å². The molecule has 0 aromatic carbocycles. The van der Waals surface area contributed by atoms with Gasteiger partial charge in [0.15, 0.2) is 11.6 Å². The second-order valence-corrected chi connectivity index (χ2v) is 8.27. The molecule has 2 rings (SSSR count). The molecule has 0 radical (unpaired) electrons. The molecule has 134 valence electrons. The molecule has 0 bridgehead atoms. The molecule has 1 aliphatic rings. The molecule has 1 unspecified atom stereocenters. The fourth-order valence-corrected chi connectivity index (χ4v) is 3.95. The Kier molecular flexibility index (Phi) is 5.03. The summed E-state index contributed by atoms with van der Waals surface area (Å²) in [6, 6.07) is 0. The van der Waals surface area contributed by atoms with Gasteiger partial charge in [-0.15, -0.1) is 0 Å². The minimum absolute atomic E-state index is 0.102. The monoisotopic (exact) mass is 357 g/mol. The molecule has 1 saturated heterocycles. The third kappa shape index (κ3) is 3.77. The van der Waals surface area contributed by atoms with Crippen molar-refractivity contribution in [1.29, 1.82) is 0 Å². The highest BCUT2D eigenvalue weighted by atomic mass is 32.2. The van der Waals surface area contributed by atoms with E-state index in [2.05, 4.69) is 9.71 Å². The number of hydrogen-bond donors (Lipinski definition) is 1. The first-order valence-corrected chi connectivity index (χ1v) is 9.51. The highest BCUT2D eigenvalue weighted by Crippen LogP contribution is 2.31. The number of carbonyl (C=O) groups is 2. The zero-order chi connectivity index (χ0) is 18.1. The first-order valence-electron chi connectivity index (χ1n) is 7.86. The van der Waals surface area contributed by atoms with Gasteiger partial charge in [0.1, 0.15) is 5.76 Å². The van der Waals surface area contributed by atoms with Crippen molar-refractivity contribution in [3.05, 3.63) is 17.3 Å². The third-order valence-corrected chi connectivity index (χ3v) is 5.58. The van der Waals surface area contributed by atoms with Crippen LogP contribution in [0.15, 0.2) is 4.42 Å². The lowest BCUT2D eigenvalue weighted by Gasteiger charge is -2.23. The Balaban J connectivity index is 2.09. The summed E-state index contributed by atoms with van der Waals surface area (Å²) in [5.74, 6) is -0.145. The molecule has 9 heteroatoms. The first kappa shape index (κ1) is 18.4. The average Bonchev–Trinajstić information content (AvgIpc) is 3.01. The highest BCUT2D eigenvalue weighted by molar-refractivity contribution is 7.90. The predicted octanol–water partition coefficient (Wildman–Crippen LogP) is 1.000. The van der Waals surface area contributed by atoms with E-state index in [1.54, 1.807) is 27.7 Å².